The number of amides is 2. The molecule has 148 valence electrons. The van der Waals surface area contributed by atoms with Crippen LogP contribution in [0.2, 0.25) is 0 Å². The summed E-state index contributed by atoms with van der Waals surface area (Å²) >= 11 is 5.85. The van der Waals surface area contributed by atoms with Gasteiger partial charge in [0, 0.05) is 30.5 Å². The van der Waals surface area contributed by atoms with E-state index in [9.17, 15) is 9.59 Å². The van der Waals surface area contributed by atoms with Crippen LogP contribution < -0.4 is 15.5 Å². The largest absolute Gasteiger partial charge is 0.366 e. The van der Waals surface area contributed by atoms with Crippen LogP contribution in [-0.4, -0.2) is 29.8 Å². The molecule has 0 bridgehead atoms. The molecule has 28 heavy (non-hydrogen) atoms. The summed E-state index contributed by atoms with van der Waals surface area (Å²) in [6.45, 7) is 7.06. The van der Waals surface area contributed by atoms with Crippen LogP contribution >= 0.6 is 11.6 Å². The first kappa shape index (κ1) is 20.2. The number of hydrogen-bond acceptors (Lipinski definition) is 3. The van der Waals surface area contributed by atoms with E-state index in [1.807, 2.05) is 32.0 Å². The Bertz CT molecular complexity index is 880. The summed E-state index contributed by atoms with van der Waals surface area (Å²) < 4.78 is 0. The number of alkyl halides is 1. The fourth-order valence-corrected chi connectivity index (χ4v) is 3.41. The normalized spacial score (nSPS) is 14.4. The predicted molar refractivity (Wildman–Crippen MR) is 114 cm³/mol. The van der Waals surface area contributed by atoms with Crippen LogP contribution in [0.3, 0.4) is 0 Å². The Morgan fingerprint density at radius 1 is 1.07 bits per heavy atom. The van der Waals surface area contributed by atoms with E-state index in [-0.39, 0.29) is 17.9 Å². The van der Waals surface area contributed by atoms with Crippen molar-refractivity contribution in [2.24, 2.45) is 0 Å². The smallest absolute Gasteiger partial charge is 0.253 e. The van der Waals surface area contributed by atoms with E-state index in [2.05, 4.69) is 33.7 Å². The highest BCUT2D eigenvalue weighted by Gasteiger charge is 2.22. The second-order valence-electron chi connectivity index (χ2n) is 7.41. The van der Waals surface area contributed by atoms with Crippen molar-refractivity contribution in [3.8, 4) is 0 Å². The first-order valence-corrected chi connectivity index (χ1v) is 10.0. The number of carbonyl (C=O) groups excluding carboxylic acids is 2. The van der Waals surface area contributed by atoms with Gasteiger partial charge in [-0.3, -0.25) is 9.59 Å². The molecule has 0 radical (unpaired) electrons. The Morgan fingerprint density at radius 2 is 1.79 bits per heavy atom. The second-order valence-corrected chi connectivity index (χ2v) is 8.06. The molecule has 0 spiro atoms. The summed E-state index contributed by atoms with van der Waals surface area (Å²) in [5, 5.41) is 5.08. The van der Waals surface area contributed by atoms with Crippen LogP contribution in [0.4, 0.5) is 11.4 Å². The SMILES string of the molecule is CC(C)NC(=O)c1cc(NC(=O)C(C)Cl)ccc1N1CCc2ccccc2C1. The lowest BCUT2D eigenvalue weighted by Gasteiger charge is -2.32. The summed E-state index contributed by atoms with van der Waals surface area (Å²) in [6.07, 6.45) is 0.934. The minimum atomic E-state index is -0.647. The summed E-state index contributed by atoms with van der Waals surface area (Å²) in [5.74, 6) is -0.449. The number of nitrogens with one attached hydrogen (secondary N) is 2. The third-order valence-electron chi connectivity index (χ3n) is 4.76. The van der Waals surface area contributed by atoms with Gasteiger partial charge in [0.25, 0.3) is 5.91 Å². The van der Waals surface area contributed by atoms with Gasteiger partial charge < -0.3 is 15.5 Å². The number of rotatable bonds is 5. The van der Waals surface area contributed by atoms with Crippen LogP contribution in [0.25, 0.3) is 0 Å². The molecule has 2 amide bonds. The maximum absolute atomic E-state index is 12.9. The molecule has 0 saturated carbocycles. The number of nitrogens with zero attached hydrogens (tertiary/aromatic N) is 1. The molecule has 0 aliphatic carbocycles. The Labute approximate surface area is 171 Å². The molecule has 1 atom stereocenters. The molecule has 3 rings (SSSR count). The van der Waals surface area contributed by atoms with Crippen molar-refractivity contribution in [2.75, 3.05) is 16.8 Å². The molecule has 2 N–H and O–H groups in total. The number of hydrogen-bond donors (Lipinski definition) is 2. The van der Waals surface area contributed by atoms with Crippen molar-refractivity contribution in [1.82, 2.24) is 5.32 Å². The number of fused-ring (bicyclic) bond motifs is 1. The van der Waals surface area contributed by atoms with Crippen molar-refractivity contribution in [1.29, 1.82) is 0 Å². The molecule has 1 aliphatic heterocycles. The highest BCUT2D eigenvalue weighted by atomic mass is 35.5. The van der Waals surface area contributed by atoms with Gasteiger partial charge in [0.15, 0.2) is 0 Å². The van der Waals surface area contributed by atoms with Gasteiger partial charge in [-0.2, -0.15) is 0 Å². The third-order valence-corrected chi connectivity index (χ3v) is 4.96. The quantitative estimate of drug-likeness (QED) is 0.748. The molecule has 0 aromatic heterocycles. The van der Waals surface area contributed by atoms with Gasteiger partial charge in [-0.15, -0.1) is 11.6 Å². The van der Waals surface area contributed by atoms with E-state index in [0.29, 0.717) is 11.3 Å². The van der Waals surface area contributed by atoms with Gasteiger partial charge in [0.05, 0.1) is 5.56 Å². The summed E-state index contributed by atoms with van der Waals surface area (Å²) in [5.41, 5.74) is 4.61. The van der Waals surface area contributed by atoms with Gasteiger partial charge in [0.1, 0.15) is 5.38 Å². The van der Waals surface area contributed by atoms with E-state index in [0.717, 1.165) is 25.2 Å². The van der Waals surface area contributed by atoms with Crippen molar-refractivity contribution < 1.29 is 9.59 Å². The highest BCUT2D eigenvalue weighted by Crippen LogP contribution is 2.29. The van der Waals surface area contributed by atoms with Crippen LogP contribution in [-0.2, 0) is 17.8 Å². The first-order chi connectivity index (χ1) is 13.3. The zero-order chi connectivity index (χ0) is 20.3. The Balaban J connectivity index is 1.93. The Hall–Kier alpha value is -2.53. The first-order valence-electron chi connectivity index (χ1n) is 9.56. The minimum absolute atomic E-state index is 0.0172. The fraction of sp³-hybridized carbons (Fsp3) is 0.364. The van der Waals surface area contributed by atoms with Crippen molar-refractivity contribution in [3.63, 3.8) is 0 Å². The summed E-state index contributed by atoms with van der Waals surface area (Å²) in [7, 11) is 0. The third kappa shape index (κ3) is 4.65. The topological polar surface area (TPSA) is 61.4 Å². The van der Waals surface area contributed by atoms with Crippen LogP contribution in [0.15, 0.2) is 42.5 Å². The second kappa shape index (κ2) is 8.65. The average molecular weight is 400 g/mol. The minimum Gasteiger partial charge on any atom is -0.366 e. The van der Waals surface area contributed by atoms with E-state index in [1.165, 1.54) is 11.1 Å². The highest BCUT2D eigenvalue weighted by molar-refractivity contribution is 6.32. The molecular weight excluding hydrogens is 374 g/mol. The standard InChI is InChI=1S/C22H26ClN3O2/c1-14(2)24-22(28)19-12-18(25-21(27)15(3)23)8-9-20(19)26-11-10-16-6-4-5-7-17(16)13-26/h4-9,12,14-15H,10-11,13H2,1-3H3,(H,24,28)(H,25,27). The lowest BCUT2D eigenvalue weighted by molar-refractivity contribution is -0.115. The molecular formula is C22H26ClN3O2. The van der Waals surface area contributed by atoms with Crippen molar-refractivity contribution in [3.05, 3.63) is 59.2 Å². The molecule has 1 unspecified atom stereocenters. The van der Waals surface area contributed by atoms with Crippen molar-refractivity contribution in [2.45, 2.75) is 45.2 Å². The van der Waals surface area contributed by atoms with E-state index >= 15 is 0 Å². The summed E-state index contributed by atoms with van der Waals surface area (Å²) in [6, 6.07) is 13.9. The van der Waals surface area contributed by atoms with Gasteiger partial charge >= 0.3 is 0 Å². The molecule has 2 aromatic rings. The van der Waals surface area contributed by atoms with Crippen LogP contribution in [0, 0.1) is 0 Å². The molecule has 6 heteroatoms. The molecule has 1 aliphatic rings. The fourth-order valence-electron chi connectivity index (χ4n) is 3.35. The van der Waals surface area contributed by atoms with E-state index < -0.39 is 5.38 Å². The lowest BCUT2D eigenvalue weighted by Crippen LogP contribution is -2.35. The zero-order valence-electron chi connectivity index (χ0n) is 16.5. The van der Waals surface area contributed by atoms with E-state index in [1.54, 1.807) is 13.0 Å². The zero-order valence-corrected chi connectivity index (χ0v) is 17.2. The number of anilines is 2. The van der Waals surface area contributed by atoms with Crippen molar-refractivity contribution >= 4 is 34.8 Å². The molecule has 1 heterocycles. The maximum Gasteiger partial charge on any atom is 0.253 e. The van der Waals surface area contributed by atoms with Gasteiger partial charge in [-0.25, -0.2) is 0 Å². The van der Waals surface area contributed by atoms with Crippen LogP contribution in [0.1, 0.15) is 42.3 Å². The maximum atomic E-state index is 12.9. The monoisotopic (exact) mass is 399 g/mol. The molecule has 0 fully saturated rings. The molecule has 5 nitrogen and oxygen atoms in total. The number of carbonyl (C=O) groups is 2. The van der Waals surface area contributed by atoms with Gasteiger partial charge in [-0.1, -0.05) is 24.3 Å². The lowest BCUT2D eigenvalue weighted by atomic mass is 9.98. The van der Waals surface area contributed by atoms with Gasteiger partial charge in [-0.05, 0) is 56.5 Å². The average Bonchev–Trinajstić information content (AvgIpc) is 2.67. The van der Waals surface area contributed by atoms with Gasteiger partial charge in [0.2, 0.25) is 5.91 Å². The predicted octanol–water partition coefficient (Wildman–Crippen LogP) is 3.95. The molecule has 2 aromatic carbocycles. The molecule has 0 saturated heterocycles. The Kier molecular flexibility index (Phi) is 6.25. The number of benzene rings is 2. The van der Waals surface area contributed by atoms with E-state index in [4.69, 9.17) is 11.6 Å². The Morgan fingerprint density at radius 3 is 2.46 bits per heavy atom. The summed E-state index contributed by atoms with van der Waals surface area (Å²) in [4.78, 5) is 27.0. The number of halogens is 1. The van der Waals surface area contributed by atoms with Crippen LogP contribution in [0.5, 0.6) is 0 Å².